The molecule has 0 aromatic heterocycles. The van der Waals surface area contributed by atoms with Crippen molar-refractivity contribution in [3.63, 3.8) is 0 Å². The van der Waals surface area contributed by atoms with Gasteiger partial charge in [-0.3, -0.25) is 10.2 Å². The van der Waals surface area contributed by atoms with Crippen LogP contribution in [-0.2, 0) is 22.7 Å². The maximum absolute atomic E-state index is 13.6. The highest BCUT2D eigenvalue weighted by atomic mass is 19.1. The molecular formula is C34H42FN3O4. The summed E-state index contributed by atoms with van der Waals surface area (Å²) in [6.45, 7) is 6.15. The average Bonchev–Trinajstić information content (AvgIpc) is 3.43. The minimum absolute atomic E-state index is 0.229. The number of nitrogens with zero attached hydrogens (tertiary/aromatic N) is 2. The van der Waals surface area contributed by atoms with Crippen molar-refractivity contribution in [2.24, 2.45) is 0 Å². The van der Waals surface area contributed by atoms with E-state index in [0.29, 0.717) is 44.3 Å². The number of benzene rings is 3. The number of nitrogens with one attached hydrogen (secondary N) is 1. The molecule has 224 valence electrons. The summed E-state index contributed by atoms with van der Waals surface area (Å²) in [5.74, 6) is 2.26. The molecule has 8 heteroatoms. The summed E-state index contributed by atoms with van der Waals surface area (Å²) < 4.78 is 31.0. The van der Waals surface area contributed by atoms with E-state index in [1.54, 1.807) is 12.1 Å². The van der Waals surface area contributed by atoms with Crippen LogP contribution in [0.1, 0.15) is 54.7 Å². The number of hydrogen-bond donors (Lipinski definition) is 1. The highest BCUT2D eigenvalue weighted by molar-refractivity contribution is 5.78. The smallest absolute Gasteiger partial charge is 0.222 e. The first-order chi connectivity index (χ1) is 20.6. The number of hydrogen-bond acceptors (Lipinski definition) is 6. The molecule has 0 atom stereocenters. The van der Waals surface area contributed by atoms with Gasteiger partial charge in [0.05, 0.1) is 26.4 Å². The van der Waals surface area contributed by atoms with Gasteiger partial charge in [-0.2, -0.15) is 0 Å². The maximum Gasteiger partial charge on any atom is 0.222 e. The Kier molecular flexibility index (Phi) is 11.2. The molecule has 7 nitrogen and oxygen atoms in total. The second-order valence-electron chi connectivity index (χ2n) is 11.0. The van der Waals surface area contributed by atoms with Gasteiger partial charge in [-0.25, -0.2) is 9.40 Å². The predicted octanol–water partition coefficient (Wildman–Crippen LogP) is 5.70. The molecule has 5 rings (SSSR count). The summed E-state index contributed by atoms with van der Waals surface area (Å²) in [5.41, 5.74) is 6.69. The minimum atomic E-state index is -0.229. The van der Waals surface area contributed by atoms with Crippen molar-refractivity contribution in [3.05, 3.63) is 95.3 Å². The van der Waals surface area contributed by atoms with Crippen LogP contribution in [0.5, 0.6) is 11.5 Å². The third-order valence-electron chi connectivity index (χ3n) is 7.97. The van der Waals surface area contributed by atoms with Crippen LogP contribution >= 0.6 is 0 Å². The van der Waals surface area contributed by atoms with Gasteiger partial charge in [0.25, 0.3) is 0 Å². The van der Waals surface area contributed by atoms with E-state index in [-0.39, 0.29) is 18.3 Å². The summed E-state index contributed by atoms with van der Waals surface area (Å²) in [6, 6.07) is 23.4. The fourth-order valence-corrected chi connectivity index (χ4v) is 5.52. The predicted molar refractivity (Wildman–Crippen MR) is 161 cm³/mol. The molecule has 2 aliphatic rings. The average molecular weight is 576 g/mol. The first-order valence-corrected chi connectivity index (χ1v) is 15.2. The first-order valence-electron chi connectivity index (χ1n) is 15.2. The lowest BCUT2D eigenvalue weighted by Gasteiger charge is -2.32. The second kappa shape index (κ2) is 15.7. The summed E-state index contributed by atoms with van der Waals surface area (Å²) in [6.07, 6.45) is 4.58. The van der Waals surface area contributed by atoms with Gasteiger partial charge in [0.15, 0.2) is 0 Å². The highest BCUT2D eigenvalue weighted by Gasteiger charge is 2.21. The Bertz CT molecular complexity index is 1260. The number of piperidine rings is 1. The molecule has 2 saturated heterocycles. The second-order valence-corrected chi connectivity index (χ2v) is 11.0. The van der Waals surface area contributed by atoms with Crippen LogP contribution in [0, 0.1) is 5.82 Å². The molecule has 2 heterocycles. The number of amides is 1. The lowest BCUT2D eigenvalue weighted by molar-refractivity contribution is -0.128. The molecule has 3 aromatic rings. The Labute approximate surface area is 248 Å². The van der Waals surface area contributed by atoms with Crippen molar-refractivity contribution < 1.29 is 23.4 Å². The zero-order chi connectivity index (χ0) is 29.0. The first kappa shape index (κ1) is 30.0. The van der Waals surface area contributed by atoms with Crippen molar-refractivity contribution in [3.8, 4) is 11.5 Å². The fourth-order valence-electron chi connectivity index (χ4n) is 5.52. The van der Waals surface area contributed by atoms with E-state index in [1.807, 2.05) is 23.1 Å². The van der Waals surface area contributed by atoms with E-state index in [1.165, 1.54) is 17.2 Å². The molecule has 2 aliphatic heterocycles. The Morgan fingerprint density at radius 2 is 1.67 bits per heavy atom. The van der Waals surface area contributed by atoms with Gasteiger partial charge in [-0.1, -0.05) is 42.5 Å². The van der Waals surface area contributed by atoms with E-state index in [9.17, 15) is 9.18 Å². The molecule has 0 unspecified atom stereocenters. The van der Waals surface area contributed by atoms with Crippen LogP contribution in [0.2, 0.25) is 0 Å². The molecule has 1 amide bonds. The summed E-state index contributed by atoms with van der Waals surface area (Å²) in [7, 11) is 0. The van der Waals surface area contributed by atoms with E-state index < -0.39 is 0 Å². The summed E-state index contributed by atoms with van der Waals surface area (Å²) in [5, 5.41) is 2.31. The van der Waals surface area contributed by atoms with Gasteiger partial charge in [0.2, 0.25) is 5.91 Å². The highest BCUT2D eigenvalue weighted by Crippen LogP contribution is 2.29. The number of carbonyl (C=O) groups is 1. The van der Waals surface area contributed by atoms with E-state index in [4.69, 9.17) is 14.2 Å². The van der Waals surface area contributed by atoms with Crippen molar-refractivity contribution in [1.29, 1.82) is 0 Å². The molecular weight excluding hydrogens is 533 g/mol. The molecule has 0 bridgehead atoms. The molecule has 1 N–H and O–H groups in total. The Hall–Kier alpha value is -3.46. The van der Waals surface area contributed by atoms with Crippen LogP contribution in [0.4, 0.5) is 4.39 Å². The van der Waals surface area contributed by atoms with Crippen LogP contribution in [0.25, 0.3) is 0 Å². The van der Waals surface area contributed by atoms with Crippen LogP contribution < -0.4 is 14.9 Å². The number of likely N-dealkylation sites (tertiary alicyclic amines) is 1. The number of hydrazine groups is 1. The molecule has 0 spiro atoms. The normalized spacial score (nSPS) is 16.2. The Morgan fingerprint density at radius 3 is 2.45 bits per heavy atom. The van der Waals surface area contributed by atoms with Gasteiger partial charge in [-0.15, -0.1) is 0 Å². The quantitative estimate of drug-likeness (QED) is 0.235. The van der Waals surface area contributed by atoms with Crippen molar-refractivity contribution in [1.82, 2.24) is 15.3 Å². The van der Waals surface area contributed by atoms with Crippen molar-refractivity contribution >= 4 is 5.91 Å². The number of rotatable bonds is 15. The zero-order valence-corrected chi connectivity index (χ0v) is 24.3. The standard InChI is InChI=1S/C34H42FN3O4/c35-33-9-2-1-7-30(33)26-40-21-5-22-41-31-13-11-28(12-14-31)29-15-18-38(19-16-29)36-25-27-6-3-8-32(24-27)42-23-20-37-17-4-10-34(37)39/h1-3,6-9,11-14,24,29,36H,4-5,10,15-23,25-26H2. The van der Waals surface area contributed by atoms with Crippen molar-refractivity contribution in [2.45, 2.75) is 51.2 Å². The Balaban J connectivity index is 0.952. The minimum Gasteiger partial charge on any atom is -0.494 e. The van der Waals surface area contributed by atoms with Crippen LogP contribution in [-0.4, -0.2) is 61.8 Å². The molecule has 42 heavy (non-hydrogen) atoms. The van der Waals surface area contributed by atoms with E-state index in [0.717, 1.165) is 63.4 Å². The third-order valence-corrected chi connectivity index (χ3v) is 7.97. The van der Waals surface area contributed by atoms with Gasteiger partial charge < -0.3 is 19.1 Å². The van der Waals surface area contributed by atoms with Crippen molar-refractivity contribution in [2.75, 3.05) is 46.0 Å². The number of ether oxygens (including phenoxy) is 3. The fraction of sp³-hybridized carbons (Fsp3) is 0.441. The SMILES string of the molecule is O=C1CCCN1CCOc1cccc(CNN2CCC(c3ccc(OCCCOCc4ccccc4F)cc3)CC2)c1. The molecule has 0 aliphatic carbocycles. The van der Waals surface area contributed by atoms with Crippen LogP contribution in [0.15, 0.2) is 72.8 Å². The van der Waals surface area contributed by atoms with E-state index >= 15 is 0 Å². The van der Waals surface area contributed by atoms with Gasteiger partial charge in [-0.05, 0) is 66.6 Å². The molecule has 3 aromatic carbocycles. The summed E-state index contributed by atoms with van der Waals surface area (Å²) >= 11 is 0. The van der Waals surface area contributed by atoms with Gasteiger partial charge in [0.1, 0.15) is 23.9 Å². The topological polar surface area (TPSA) is 63.3 Å². The Morgan fingerprint density at radius 1 is 0.857 bits per heavy atom. The molecule has 0 radical (unpaired) electrons. The third kappa shape index (κ3) is 9.02. The van der Waals surface area contributed by atoms with Gasteiger partial charge in [0, 0.05) is 44.6 Å². The number of halogens is 1. The maximum atomic E-state index is 13.6. The van der Waals surface area contributed by atoms with Gasteiger partial charge >= 0.3 is 0 Å². The lowest BCUT2D eigenvalue weighted by Crippen LogP contribution is -2.42. The monoisotopic (exact) mass is 575 g/mol. The molecule has 2 fully saturated rings. The lowest BCUT2D eigenvalue weighted by atomic mass is 9.90. The zero-order valence-electron chi connectivity index (χ0n) is 24.3. The largest absolute Gasteiger partial charge is 0.494 e. The van der Waals surface area contributed by atoms with Crippen LogP contribution in [0.3, 0.4) is 0 Å². The number of carbonyl (C=O) groups excluding carboxylic acids is 1. The summed E-state index contributed by atoms with van der Waals surface area (Å²) in [4.78, 5) is 13.6. The molecule has 0 saturated carbocycles. The van der Waals surface area contributed by atoms with E-state index in [2.05, 4.69) is 46.8 Å².